The highest BCUT2D eigenvalue weighted by atomic mass is 32.2. The molecule has 0 atom stereocenters. The highest BCUT2D eigenvalue weighted by molar-refractivity contribution is 8.00. The molecule has 0 spiro atoms. The molecule has 0 saturated carbocycles. The third kappa shape index (κ3) is 3.96. The van der Waals surface area contributed by atoms with Gasteiger partial charge in [0.25, 0.3) is 0 Å². The number of ether oxygens (including phenoxy) is 2. The van der Waals surface area contributed by atoms with Crippen molar-refractivity contribution in [3.63, 3.8) is 0 Å². The number of carboxylic acids is 1. The Kier molecular flexibility index (Phi) is 5.51. The van der Waals surface area contributed by atoms with E-state index in [1.54, 1.807) is 18.2 Å². The predicted octanol–water partition coefficient (Wildman–Crippen LogP) is 1.70. The molecule has 0 aliphatic rings. The molecule has 0 amide bonds. The molecule has 0 unspecified atom stereocenters. The van der Waals surface area contributed by atoms with Crippen molar-refractivity contribution in [2.24, 2.45) is 0 Å². The molecule has 6 heteroatoms. The first-order chi connectivity index (χ1) is 8.58. The maximum Gasteiger partial charge on any atom is 0.313 e. The van der Waals surface area contributed by atoms with Gasteiger partial charge in [0.1, 0.15) is 11.5 Å². The summed E-state index contributed by atoms with van der Waals surface area (Å²) < 4.78 is 10.1. The number of benzene rings is 1. The minimum atomic E-state index is -0.939. The smallest absolute Gasteiger partial charge is 0.313 e. The lowest BCUT2D eigenvalue weighted by Crippen LogP contribution is -2.08. The quantitative estimate of drug-likeness (QED) is 0.760. The number of carboxylic acid groups (broad SMARTS) is 1. The van der Waals surface area contributed by atoms with Crippen LogP contribution in [0.3, 0.4) is 0 Å². The van der Waals surface area contributed by atoms with Crippen LogP contribution in [0.15, 0.2) is 18.2 Å². The first-order valence-electron chi connectivity index (χ1n) is 5.13. The van der Waals surface area contributed by atoms with Crippen molar-refractivity contribution < 1.29 is 24.2 Å². The molecular weight excluding hydrogens is 256 g/mol. The van der Waals surface area contributed by atoms with E-state index in [4.69, 9.17) is 14.6 Å². The average molecular weight is 270 g/mol. The lowest BCUT2D eigenvalue weighted by atomic mass is 10.1. The van der Waals surface area contributed by atoms with E-state index < -0.39 is 5.97 Å². The summed E-state index contributed by atoms with van der Waals surface area (Å²) in [6.07, 6.45) is 0. The van der Waals surface area contributed by atoms with Crippen LogP contribution in [0, 0.1) is 0 Å². The molecule has 0 saturated heterocycles. The van der Waals surface area contributed by atoms with Crippen molar-refractivity contribution in [3.05, 3.63) is 23.8 Å². The molecule has 1 aromatic carbocycles. The van der Waals surface area contributed by atoms with Gasteiger partial charge in [-0.3, -0.25) is 9.59 Å². The number of Topliss-reactive ketones (excluding diaryl/α,β-unsaturated/α-hetero) is 1. The SMILES string of the molecule is COc1ccc(OC)c(C(=O)CSCC(=O)O)c1. The van der Waals surface area contributed by atoms with Crippen molar-refractivity contribution in [1.82, 2.24) is 0 Å². The van der Waals surface area contributed by atoms with Crippen LogP contribution in [-0.2, 0) is 4.79 Å². The van der Waals surface area contributed by atoms with Gasteiger partial charge < -0.3 is 14.6 Å². The van der Waals surface area contributed by atoms with Crippen molar-refractivity contribution in [2.75, 3.05) is 25.7 Å². The Balaban J connectivity index is 2.79. The van der Waals surface area contributed by atoms with Gasteiger partial charge in [0.15, 0.2) is 5.78 Å². The van der Waals surface area contributed by atoms with Gasteiger partial charge in [0.2, 0.25) is 0 Å². The number of aliphatic carboxylic acids is 1. The van der Waals surface area contributed by atoms with E-state index in [2.05, 4.69) is 0 Å². The maximum absolute atomic E-state index is 11.9. The molecule has 0 bridgehead atoms. The molecular formula is C12H14O5S. The minimum Gasteiger partial charge on any atom is -0.497 e. The number of thioether (sulfide) groups is 1. The molecule has 98 valence electrons. The number of ketones is 1. The Morgan fingerprint density at radius 3 is 2.50 bits per heavy atom. The molecule has 0 fully saturated rings. The third-order valence-corrected chi connectivity index (χ3v) is 3.08. The number of carbonyl (C=O) groups is 2. The Morgan fingerprint density at radius 2 is 1.94 bits per heavy atom. The average Bonchev–Trinajstić information content (AvgIpc) is 2.37. The largest absolute Gasteiger partial charge is 0.497 e. The summed E-state index contributed by atoms with van der Waals surface area (Å²) in [7, 11) is 2.98. The van der Waals surface area contributed by atoms with E-state index in [1.165, 1.54) is 14.2 Å². The zero-order valence-electron chi connectivity index (χ0n) is 10.1. The lowest BCUT2D eigenvalue weighted by Gasteiger charge is -2.09. The molecule has 0 aliphatic heterocycles. The van der Waals surface area contributed by atoms with E-state index in [0.717, 1.165) is 11.8 Å². The number of rotatable bonds is 7. The molecule has 1 rings (SSSR count). The Bertz CT molecular complexity index is 444. The van der Waals surface area contributed by atoms with Crippen LogP contribution in [0.1, 0.15) is 10.4 Å². The highest BCUT2D eigenvalue weighted by Gasteiger charge is 2.14. The van der Waals surface area contributed by atoms with Crippen molar-refractivity contribution in [2.45, 2.75) is 0 Å². The molecule has 0 radical (unpaired) electrons. The van der Waals surface area contributed by atoms with Crippen molar-refractivity contribution >= 4 is 23.5 Å². The number of hydrogen-bond donors (Lipinski definition) is 1. The molecule has 0 heterocycles. The lowest BCUT2D eigenvalue weighted by molar-refractivity contribution is -0.133. The zero-order valence-corrected chi connectivity index (χ0v) is 11.0. The van der Waals surface area contributed by atoms with Gasteiger partial charge in [-0.25, -0.2) is 0 Å². The Hall–Kier alpha value is -1.69. The van der Waals surface area contributed by atoms with Gasteiger partial charge in [-0.05, 0) is 18.2 Å². The molecule has 5 nitrogen and oxygen atoms in total. The van der Waals surface area contributed by atoms with Gasteiger partial charge >= 0.3 is 5.97 Å². The standard InChI is InChI=1S/C12H14O5S/c1-16-8-3-4-11(17-2)9(5-8)10(13)6-18-7-12(14)15/h3-5H,6-7H2,1-2H3,(H,14,15). The number of hydrogen-bond acceptors (Lipinski definition) is 5. The van der Waals surface area contributed by atoms with Crippen LogP contribution in [-0.4, -0.2) is 42.6 Å². The Labute approximate surface area is 109 Å². The maximum atomic E-state index is 11.9. The first kappa shape index (κ1) is 14.4. The summed E-state index contributed by atoms with van der Waals surface area (Å²) in [5.41, 5.74) is 0.398. The topological polar surface area (TPSA) is 72.8 Å². The van der Waals surface area contributed by atoms with E-state index in [1.807, 2.05) is 0 Å². The summed E-state index contributed by atoms with van der Waals surface area (Å²) in [6.45, 7) is 0. The third-order valence-electron chi connectivity index (χ3n) is 2.17. The summed E-state index contributed by atoms with van der Waals surface area (Å²) in [5, 5.41) is 8.50. The van der Waals surface area contributed by atoms with Crippen LogP contribution in [0.25, 0.3) is 0 Å². The van der Waals surface area contributed by atoms with Gasteiger partial charge in [0.05, 0.1) is 31.3 Å². The van der Waals surface area contributed by atoms with Crippen molar-refractivity contribution in [3.8, 4) is 11.5 Å². The van der Waals surface area contributed by atoms with Gasteiger partial charge in [-0.1, -0.05) is 0 Å². The van der Waals surface area contributed by atoms with E-state index in [-0.39, 0.29) is 17.3 Å². The second-order valence-electron chi connectivity index (χ2n) is 3.38. The molecule has 0 aliphatic carbocycles. The normalized spacial score (nSPS) is 9.89. The van der Waals surface area contributed by atoms with Crippen LogP contribution in [0.4, 0.5) is 0 Å². The molecule has 0 aromatic heterocycles. The van der Waals surface area contributed by atoms with Crippen LogP contribution < -0.4 is 9.47 Å². The van der Waals surface area contributed by atoms with E-state index in [0.29, 0.717) is 17.1 Å². The number of carbonyl (C=O) groups excluding carboxylic acids is 1. The Morgan fingerprint density at radius 1 is 1.22 bits per heavy atom. The van der Waals surface area contributed by atoms with Gasteiger partial charge in [-0.15, -0.1) is 11.8 Å². The summed E-state index contributed by atoms with van der Waals surface area (Å²) in [5.74, 6) is -0.116. The monoisotopic (exact) mass is 270 g/mol. The van der Waals surface area contributed by atoms with Gasteiger partial charge in [-0.2, -0.15) is 0 Å². The molecule has 1 N–H and O–H groups in total. The van der Waals surface area contributed by atoms with Crippen LogP contribution >= 0.6 is 11.8 Å². The fourth-order valence-electron chi connectivity index (χ4n) is 1.34. The summed E-state index contributed by atoms with van der Waals surface area (Å²) >= 11 is 1.05. The van der Waals surface area contributed by atoms with E-state index in [9.17, 15) is 9.59 Å². The highest BCUT2D eigenvalue weighted by Crippen LogP contribution is 2.25. The zero-order chi connectivity index (χ0) is 13.5. The minimum absolute atomic E-state index is 0.0931. The van der Waals surface area contributed by atoms with Crippen LogP contribution in [0.5, 0.6) is 11.5 Å². The molecule has 18 heavy (non-hydrogen) atoms. The van der Waals surface area contributed by atoms with Crippen molar-refractivity contribution in [1.29, 1.82) is 0 Å². The van der Waals surface area contributed by atoms with Gasteiger partial charge in [0, 0.05) is 0 Å². The second-order valence-corrected chi connectivity index (χ2v) is 4.36. The summed E-state index contributed by atoms with van der Waals surface area (Å²) in [4.78, 5) is 22.3. The van der Waals surface area contributed by atoms with Crippen LogP contribution in [0.2, 0.25) is 0 Å². The first-order valence-corrected chi connectivity index (χ1v) is 6.28. The fraction of sp³-hybridized carbons (Fsp3) is 0.333. The fourth-order valence-corrected chi connectivity index (χ4v) is 1.96. The molecule has 1 aromatic rings. The summed E-state index contributed by atoms with van der Waals surface area (Å²) in [6, 6.07) is 4.93. The second kappa shape index (κ2) is 6.90. The predicted molar refractivity (Wildman–Crippen MR) is 68.8 cm³/mol. The van der Waals surface area contributed by atoms with E-state index >= 15 is 0 Å². The number of methoxy groups -OCH3 is 2.